The maximum absolute atomic E-state index is 13.8. The lowest BCUT2D eigenvalue weighted by Gasteiger charge is -2.35. The Hall–Kier alpha value is -4.14. The molecule has 0 radical (unpaired) electrons. The number of methoxy groups -OCH3 is 2. The molecule has 0 aromatic heterocycles. The molecule has 2 N–H and O–H groups in total. The lowest BCUT2D eigenvalue weighted by atomic mass is 9.96. The minimum absolute atomic E-state index is 0.0183. The van der Waals surface area contributed by atoms with E-state index in [1.807, 2.05) is 83.8 Å². The van der Waals surface area contributed by atoms with E-state index in [1.54, 1.807) is 14.2 Å². The Balaban J connectivity index is 1.19. The predicted octanol–water partition coefficient (Wildman–Crippen LogP) is 11.2. The van der Waals surface area contributed by atoms with E-state index in [2.05, 4.69) is 24.4 Å². The van der Waals surface area contributed by atoms with Crippen LogP contribution in [-0.2, 0) is 14.3 Å². The molecule has 3 aromatic rings. The normalized spacial score (nSPS) is 15.9. The number of unbranched alkanes of at least 4 members (excludes halogenated alkanes) is 13. The number of rotatable bonds is 29. The summed E-state index contributed by atoms with van der Waals surface area (Å²) in [4.78, 5) is 28.1. The van der Waals surface area contributed by atoms with Crippen LogP contribution in [0.2, 0.25) is 0 Å². The van der Waals surface area contributed by atoms with Gasteiger partial charge < -0.3 is 29.5 Å². The van der Waals surface area contributed by atoms with Crippen molar-refractivity contribution in [2.75, 3.05) is 27.3 Å². The molecule has 2 amide bonds. The highest BCUT2D eigenvalue weighted by Crippen LogP contribution is 2.40. The van der Waals surface area contributed by atoms with E-state index >= 15 is 0 Å². The first-order valence-corrected chi connectivity index (χ1v) is 22.3. The Labute approximate surface area is 349 Å². The van der Waals surface area contributed by atoms with Crippen LogP contribution in [0.3, 0.4) is 0 Å². The second kappa shape index (κ2) is 27.5. The summed E-state index contributed by atoms with van der Waals surface area (Å²) in [6.07, 6.45) is 23.1. The molecule has 4 rings (SSSR count). The fourth-order valence-corrected chi connectivity index (χ4v) is 7.90. The monoisotopic (exact) mass is 797 g/mol. The highest BCUT2D eigenvalue weighted by Gasteiger charge is 2.41. The molecule has 0 saturated carbocycles. The van der Waals surface area contributed by atoms with Gasteiger partial charge in [-0.1, -0.05) is 131 Å². The fraction of sp³-hybridized carbons (Fsp3) is 0.560. The summed E-state index contributed by atoms with van der Waals surface area (Å²) in [5, 5.41) is 14.0. The molecule has 318 valence electrons. The van der Waals surface area contributed by atoms with Gasteiger partial charge in [-0.2, -0.15) is 0 Å². The molecule has 1 heterocycles. The maximum Gasteiger partial charge on any atom is 0.223 e. The Morgan fingerprint density at radius 3 is 1.81 bits per heavy atom. The Morgan fingerprint density at radius 1 is 0.690 bits per heavy atom. The number of aliphatic hydroxyl groups is 1. The molecule has 0 aliphatic carbocycles. The van der Waals surface area contributed by atoms with Crippen molar-refractivity contribution in [2.45, 2.75) is 153 Å². The van der Waals surface area contributed by atoms with Crippen molar-refractivity contribution in [2.24, 2.45) is 0 Å². The largest absolute Gasteiger partial charge is 0.497 e. The molecule has 8 nitrogen and oxygen atoms in total. The van der Waals surface area contributed by atoms with E-state index in [-0.39, 0.29) is 24.4 Å². The smallest absolute Gasteiger partial charge is 0.223 e. The van der Waals surface area contributed by atoms with Crippen LogP contribution in [0.25, 0.3) is 0 Å². The van der Waals surface area contributed by atoms with Crippen molar-refractivity contribution in [3.8, 4) is 11.5 Å². The number of ether oxygens (including phenoxy) is 3. The third-order valence-corrected chi connectivity index (χ3v) is 11.3. The summed E-state index contributed by atoms with van der Waals surface area (Å²) in [5.74, 6) is 1.65. The number of allylic oxidation sites excluding steroid dienone is 2. The van der Waals surface area contributed by atoms with Gasteiger partial charge in [-0.3, -0.25) is 9.59 Å². The SMILES string of the molecule is CCCCCCCCC=CCCCCCCCC(=O)NCCCCCC(=O)N1CC(O)CC1C(OC(c1ccc(OC)cc1)c1ccc(OC)cc1)c1ccccc1. The van der Waals surface area contributed by atoms with E-state index in [9.17, 15) is 14.7 Å². The third kappa shape index (κ3) is 16.6. The summed E-state index contributed by atoms with van der Waals surface area (Å²) >= 11 is 0. The average Bonchev–Trinajstić information content (AvgIpc) is 3.65. The van der Waals surface area contributed by atoms with E-state index in [0.29, 0.717) is 25.8 Å². The minimum atomic E-state index is -0.638. The van der Waals surface area contributed by atoms with Crippen LogP contribution in [0.15, 0.2) is 91.0 Å². The van der Waals surface area contributed by atoms with Gasteiger partial charge in [0.1, 0.15) is 23.7 Å². The van der Waals surface area contributed by atoms with Gasteiger partial charge in [0.15, 0.2) is 0 Å². The maximum atomic E-state index is 13.8. The lowest BCUT2D eigenvalue weighted by molar-refractivity contribution is -0.136. The molecule has 1 aliphatic rings. The molecular formula is C50H72N2O6. The molecule has 1 saturated heterocycles. The number of likely N-dealkylation sites (tertiary alicyclic amines) is 1. The van der Waals surface area contributed by atoms with Gasteiger partial charge in [0.2, 0.25) is 11.8 Å². The number of carbonyl (C=O) groups excluding carboxylic acids is 2. The third-order valence-electron chi connectivity index (χ3n) is 11.3. The molecule has 1 fully saturated rings. The zero-order chi connectivity index (χ0) is 41.2. The van der Waals surface area contributed by atoms with Gasteiger partial charge in [0.05, 0.1) is 26.4 Å². The van der Waals surface area contributed by atoms with Crippen molar-refractivity contribution in [1.82, 2.24) is 10.2 Å². The molecule has 3 aromatic carbocycles. The molecule has 3 atom stereocenters. The quantitative estimate of drug-likeness (QED) is 0.0536. The van der Waals surface area contributed by atoms with Crippen LogP contribution < -0.4 is 14.8 Å². The van der Waals surface area contributed by atoms with Gasteiger partial charge in [0, 0.05) is 25.9 Å². The average molecular weight is 797 g/mol. The number of carbonyl (C=O) groups is 2. The van der Waals surface area contributed by atoms with Gasteiger partial charge in [-0.15, -0.1) is 0 Å². The summed E-state index contributed by atoms with van der Waals surface area (Å²) < 4.78 is 18.0. The Morgan fingerprint density at radius 2 is 1.22 bits per heavy atom. The van der Waals surface area contributed by atoms with Crippen molar-refractivity contribution in [3.05, 3.63) is 108 Å². The highest BCUT2D eigenvalue weighted by atomic mass is 16.5. The number of hydrogen-bond donors (Lipinski definition) is 2. The minimum Gasteiger partial charge on any atom is -0.497 e. The van der Waals surface area contributed by atoms with Gasteiger partial charge in [0.25, 0.3) is 0 Å². The number of nitrogens with one attached hydrogen (secondary N) is 1. The fourth-order valence-electron chi connectivity index (χ4n) is 7.90. The Kier molecular flexibility index (Phi) is 22.1. The second-order valence-electron chi connectivity index (χ2n) is 15.9. The molecule has 0 bridgehead atoms. The zero-order valence-electron chi connectivity index (χ0n) is 35.8. The second-order valence-corrected chi connectivity index (χ2v) is 15.9. The molecule has 58 heavy (non-hydrogen) atoms. The lowest BCUT2D eigenvalue weighted by Crippen LogP contribution is -2.40. The van der Waals surface area contributed by atoms with Crippen molar-refractivity contribution in [1.29, 1.82) is 0 Å². The van der Waals surface area contributed by atoms with Crippen LogP contribution in [0, 0.1) is 0 Å². The zero-order valence-corrected chi connectivity index (χ0v) is 35.8. The number of β-amino-alcohol motifs (C(OH)–C–C–N with tert-alkyl or cyclic N) is 1. The summed E-state index contributed by atoms with van der Waals surface area (Å²) in [6, 6.07) is 25.4. The van der Waals surface area contributed by atoms with Gasteiger partial charge >= 0.3 is 0 Å². The summed E-state index contributed by atoms with van der Waals surface area (Å²) in [7, 11) is 3.29. The summed E-state index contributed by atoms with van der Waals surface area (Å²) in [6.45, 7) is 3.17. The molecule has 8 heteroatoms. The van der Waals surface area contributed by atoms with Gasteiger partial charge in [-0.05, 0) is 92.3 Å². The van der Waals surface area contributed by atoms with Crippen LogP contribution in [0.1, 0.15) is 158 Å². The topological polar surface area (TPSA) is 97.3 Å². The van der Waals surface area contributed by atoms with E-state index < -0.39 is 18.3 Å². The van der Waals surface area contributed by atoms with Crippen molar-refractivity contribution in [3.63, 3.8) is 0 Å². The van der Waals surface area contributed by atoms with Crippen molar-refractivity contribution >= 4 is 11.8 Å². The van der Waals surface area contributed by atoms with Crippen LogP contribution in [0.5, 0.6) is 11.5 Å². The molecule has 0 spiro atoms. The number of aliphatic hydroxyl groups excluding tert-OH is 1. The predicted molar refractivity (Wildman–Crippen MR) is 235 cm³/mol. The van der Waals surface area contributed by atoms with Crippen molar-refractivity contribution < 1.29 is 28.9 Å². The molecule has 3 unspecified atom stereocenters. The van der Waals surface area contributed by atoms with Gasteiger partial charge in [-0.25, -0.2) is 0 Å². The first-order chi connectivity index (χ1) is 28.4. The summed E-state index contributed by atoms with van der Waals surface area (Å²) in [5.41, 5.74) is 2.84. The standard InChI is InChI=1S/C50H72N2O6/c1-4-5-6-7-8-9-10-11-12-13-14-15-16-17-22-27-47(54)51-37-24-19-23-28-48(55)52-39-43(53)38-46(52)50(40-25-20-18-21-26-40)58-49(41-29-33-44(56-2)34-30-41)42-31-35-45(57-3)36-32-42/h11-12,18,20-21,25-26,29-36,43,46,49-50,53H,4-10,13-17,19,22-24,27-28,37-39H2,1-3H3,(H,51,54). The number of benzene rings is 3. The first kappa shape index (κ1) is 46.5. The number of amides is 2. The Bertz CT molecular complexity index is 1530. The van der Waals surface area contributed by atoms with Crippen LogP contribution >= 0.6 is 0 Å². The highest BCUT2D eigenvalue weighted by molar-refractivity contribution is 5.77. The van der Waals surface area contributed by atoms with Crippen LogP contribution in [0.4, 0.5) is 0 Å². The van der Waals surface area contributed by atoms with Crippen LogP contribution in [-0.4, -0.2) is 61.3 Å². The molecular weight excluding hydrogens is 725 g/mol. The first-order valence-electron chi connectivity index (χ1n) is 22.3. The number of nitrogens with zero attached hydrogens (tertiary/aromatic N) is 1. The number of hydrogen-bond acceptors (Lipinski definition) is 6. The van der Waals surface area contributed by atoms with E-state index in [0.717, 1.165) is 60.3 Å². The molecule has 1 aliphatic heterocycles. The van der Waals surface area contributed by atoms with E-state index in [1.165, 1.54) is 70.6 Å². The van der Waals surface area contributed by atoms with E-state index in [4.69, 9.17) is 14.2 Å².